The van der Waals surface area contributed by atoms with Gasteiger partial charge in [-0.25, -0.2) is 4.98 Å². The van der Waals surface area contributed by atoms with Crippen molar-refractivity contribution in [2.24, 2.45) is 5.92 Å². The minimum Gasteiger partial charge on any atom is -0.353 e. The fourth-order valence-corrected chi connectivity index (χ4v) is 3.61. The van der Waals surface area contributed by atoms with Crippen molar-refractivity contribution in [1.29, 1.82) is 0 Å². The second-order valence-corrected chi connectivity index (χ2v) is 7.16. The molecule has 1 aliphatic rings. The molecule has 1 aliphatic carbocycles. The Kier molecular flexibility index (Phi) is 7.11. The maximum Gasteiger partial charge on any atom is 0.223 e. The molecule has 2 heterocycles. The standard InChI is InChI=1S/C20H28N6O2/c1-2-26-12-11-23-18(26)14-24-20(28)15-3-5-16(6-4-15)25-19(27)8-7-17-13-21-9-10-22-17/h9-13,15-16H,2-8,14H2,1H3,(H,24,28)(H,25,27). The van der Waals surface area contributed by atoms with Crippen LogP contribution in [0.4, 0.5) is 0 Å². The lowest BCUT2D eigenvalue weighted by atomic mass is 9.85. The van der Waals surface area contributed by atoms with Gasteiger partial charge in [-0.2, -0.15) is 0 Å². The minimum absolute atomic E-state index is 0.0118. The third kappa shape index (κ3) is 5.61. The Morgan fingerprint density at radius 2 is 1.96 bits per heavy atom. The van der Waals surface area contributed by atoms with Gasteiger partial charge in [-0.3, -0.25) is 19.6 Å². The monoisotopic (exact) mass is 384 g/mol. The van der Waals surface area contributed by atoms with Crippen LogP contribution in [0.15, 0.2) is 31.0 Å². The number of aryl methyl sites for hydroxylation is 2. The van der Waals surface area contributed by atoms with Crippen LogP contribution in [0.2, 0.25) is 0 Å². The lowest BCUT2D eigenvalue weighted by molar-refractivity contribution is -0.126. The fourth-order valence-electron chi connectivity index (χ4n) is 3.61. The normalized spacial score (nSPS) is 19.2. The summed E-state index contributed by atoms with van der Waals surface area (Å²) < 4.78 is 2.02. The maximum absolute atomic E-state index is 12.4. The number of imidazole rings is 1. The van der Waals surface area contributed by atoms with E-state index in [9.17, 15) is 9.59 Å². The number of carbonyl (C=O) groups excluding carboxylic acids is 2. The lowest BCUT2D eigenvalue weighted by Crippen LogP contribution is -2.41. The number of nitrogens with one attached hydrogen (secondary N) is 2. The highest BCUT2D eigenvalue weighted by atomic mass is 16.2. The van der Waals surface area contributed by atoms with E-state index < -0.39 is 0 Å². The van der Waals surface area contributed by atoms with Crippen LogP contribution < -0.4 is 10.6 Å². The van der Waals surface area contributed by atoms with Crippen LogP contribution in [0.25, 0.3) is 0 Å². The number of nitrogens with zero attached hydrogens (tertiary/aromatic N) is 4. The first kappa shape index (κ1) is 20.0. The minimum atomic E-state index is 0.0118. The summed E-state index contributed by atoms with van der Waals surface area (Å²) in [6.07, 6.45) is 12.9. The number of hydrogen-bond acceptors (Lipinski definition) is 5. The van der Waals surface area contributed by atoms with Gasteiger partial charge in [0.05, 0.1) is 12.2 Å². The van der Waals surface area contributed by atoms with Crippen LogP contribution >= 0.6 is 0 Å². The summed E-state index contributed by atoms with van der Waals surface area (Å²) in [5.41, 5.74) is 0.821. The Hall–Kier alpha value is -2.77. The molecule has 0 bridgehead atoms. The predicted octanol–water partition coefficient (Wildman–Crippen LogP) is 1.62. The van der Waals surface area contributed by atoms with Gasteiger partial charge < -0.3 is 15.2 Å². The zero-order chi connectivity index (χ0) is 19.8. The molecular formula is C20H28N6O2. The molecule has 1 fully saturated rings. The topological polar surface area (TPSA) is 102 Å². The third-order valence-electron chi connectivity index (χ3n) is 5.25. The first-order valence-electron chi connectivity index (χ1n) is 9.97. The van der Waals surface area contributed by atoms with Crippen LogP contribution in [0.1, 0.15) is 50.5 Å². The van der Waals surface area contributed by atoms with E-state index in [1.54, 1.807) is 24.8 Å². The molecule has 28 heavy (non-hydrogen) atoms. The molecule has 0 unspecified atom stereocenters. The highest BCUT2D eigenvalue weighted by Gasteiger charge is 2.27. The maximum atomic E-state index is 12.4. The molecule has 0 aromatic carbocycles. The molecule has 0 radical (unpaired) electrons. The molecule has 0 saturated heterocycles. The summed E-state index contributed by atoms with van der Waals surface area (Å²) in [5, 5.41) is 6.09. The molecular weight excluding hydrogens is 356 g/mol. The van der Waals surface area contributed by atoms with Crippen molar-refractivity contribution in [2.45, 2.75) is 64.6 Å². The Morgan fingerprint density at radius 1 is 1.14 bits per heavy atom. The molecule has 3 rings (SSSR count). The smallest absolute Gasteiger partial charge is 0.223 e. The van der Waals surface area contributed by atoms with Crippen molar-refractivity contribution in [1.82, 2.24) is 30.2 Å². The molecule has 0 aliphatic heterocycles. The van der Waals surface area contributed by atoms with Crippen LogP contribution in [0.5, 0.6) is 0 Å². The molecule has 2 aromatic heterocycles. The molecule has 8 nitrogen and oxygen atoms in total. The van der Waals surface area contributed by atoms with Gasteiger partial charge in [-0.1, -0.05) is 0 Å². The number of hydrogen-bond donors (Lipinski definition) is 2. The number of amides is 2. The average molecular weight is 384 g/mol. The van der Waals surface area contributed by atoms with E-state index in [4.69, 9.17) is 0 Å². The Morgan fingerprint density at radius 3 is 2.68 bits per heavy atom. The van der Waals surface area contributed by atoms with Crippen LogP contribution in [0, 0.1) is 5.92 Å². The highest BCUT2D eigenvalue weighted by Crippen LogP contribution is 2.24. The first-order chi connectivity index (χ1) is 13.7. The second kappa shape index (κ2) is 9.96. The van der Waals surface area contributed by atoms with Gasteiger partial charge in [-0.15, -0.1) is 0 Å². The zero-order valence-corrected chi connectivity index (χ0v) is 16.3. The Bertz CT molecular complexity index is 768. The number of aromatic nitrogens is 4. The summed E-state index contributed by atoms with van der Waals surface area (Å²) in [5.74, 6) is 1.00. The van der Waals surface area contributed by atoms with E-state index in [-0.39, 0.29) is 23.8 Å². The zero-order valence-electron chi connectivity index (χ0n) is 16.3. The molecule has 2 amide bonds. The van der Waals surface area contributed by atoms with Gasteiger partial charge in [0.2, 0.25) is 11.8 Å². The largest absolute Gasteiger partial charge is 0.353 e. The lowest BCUT2D eigenvalue weighted by Gasteiger charge is -2.28. The number of carbonyl (C=O) groups is 2. The van der Waals surface area contributed by atoms with Crippen LogP contribution in [-0.4, -0.2) is 37.4 Å². The van der Waals surface area contributed by atoms with Crippen LogP contribution in [0.3, 0.4) is 0 Å². The van der Waals surface area contributed by atoms with Crippen molar-refractivity contribution in [3.05, 3.63) is 42.5 Å². The quantitative estimate of drug-likeness (QED) is 0.720. The van der Waals surface area contributed by atoms with Crippen molar-refractivity contribution >= 4 is 11.8 Å². The van der Waals surface area contributed by atoms with E-state index in [2.05, 4.69) is 32.5 Å². The van der Waals surface area contributed by atoms with Crippen molar-refractivity contribution in [3.8, 4) is 0 Å². The summed E-state index contributed by atoms with van der Waals surface area (Å²) >= 11 is 0. The molecule has 0 spiro atoms. The molecule has 1 saturated carbocycles. The molecule has 8 heteroatoms. The van der Waals surface area contributed by atoms with Crippen molar-refractivity contribution < 1.29 is 9.59 Å². The fraction of sp³-hybridized carbons (Fsp3) is 0.550. The van der Waals surface area contributed by atoms with Gasteiger partial charge in [0.15, 0.2) is 0 Å². The average Bonchev–Trinajstić information content (AvgIpc) is 3.19. The van der Waals surface area contributed by atoms with E-state index >= 15 is 0 Å². The summed E-state index contributed by atoms with van der Waals surface area (Å²) in [6, 6.07) is 0.150. The van der Waals surface area contributed by atoms with Crippen molar-refractivity contribution in [3.63, 3.8) is 0 Å². The van der Waals surface area contributed by atoms with E-state index in [1.165, 1.54) is 0 Å². The van der Waals surface area contributed by atoms with Gasteiger partial charge in [0, 0.05) is 55.9 Å². The van der Waals surface area contributed by atoms with Gasteiger partial charge >= 0.3 is 0 Å². The Balaban J connectivity index is 1.35. The SMILES string of the molecule is CCn1ccnc1CNC(=O)C1CCC(NC(=O)CCc2cnccn2)CC1. The van der Waals surface area contributed by atoms with Gasteiger partial charge in [0.25, 0.3) is 0 Å². The Labute approximate surface area is 165 Å². The summed E-state index contributed by atoms with van der Waals surface area (Å²) in [4.78, 5) is 37.0. The number of rotatable bonds is 8. The van der Waals surface area contributed by atoms with E-state index in [0.717, 1.165) is 43.7 Å². The predicted molar refractivity (Wildman–Crippen MR) is 104 cm³/mol. The molecule has 150 valence electrons. The summed E-state index contributed by atoms with van der Waals surface area (Å²) in [6.45, 7) is 3.35. The first-order valence-corrected chi connectivity index (χ1v) is 9.97. The molecule has 0 atom stereocenters. The van der Waals surface area contributed by atoms with Crippen LogP contribution in [-0.2, 0) is 29.1 Å². The van der Waals surface area contributed by atoms with Gasteiger partial charge in [-0.05, 0) is 39.0 Å². The molecule has 2 aromatic rings. The van der Waals surface area contributed by atoms with Gasteiger partial charge in [0.1, 0.15) is 5.82 Å². The second-order valence-electron chi connectivity index (χ2n) is 7.16. The van der Waals surface area contributed by atoms with E-state index in [1.807, 2.05) is 10.8 Å². The summed E-state index contributed by atoms with van der Waals surface area (Å²) in [7, 11) is 0. The third-order valence-corrected chi connectivity index (χ3v) is 5.25. The molecule has 2 N–H and O–H groups in total. The van der Waals surface area contributed by atoms with E-state index in [0.29, 0.717) is 19.4 Å². The highest BCUT2D eigenvalue weighted by molar-refractivity contribution is 5.79. The van der Waals surface area contributed by atoms with Crippen molar-refractivity contribution in [2.75, 3.05) is 0 Å².